The summed E-state index contributed by atoms with van der Waals surface area (Å²) in [6, 6.07) is 12.0. The van der Waals surface area contributed by atoms with Gasteiger partial charge in [0.2, 0.25) is 15.7 Å². The summed E-state index contributed by atoms with van der Waals surface area (Å²) in [7, 11) is -3.86. The maximum Gasteiger partial charge on any atom is 0.234 e. The van der Waals surface area contributed by atoms with E-state index < -0.39 is 9.84 Å². The van der Waals surface area contributed by atoms with Gasteiger partial charge < -0.3 is 11.1 Å². The van der Waals surface area contributed by atoms with Gasteiger partial charge in [0.25, 0.3) is 0 Å². The zero-order valence-electron chi connectivity index (χ0n) is 17.8. The fraction of sp³-hybridized carbons (Fsp3) is 0.227. The lowest BCUT2D eigenvalue weighted by Crippen LogP contribution is -2.15. The predicted octanol–water partition coefficient (Wildman–Crippen LogP) is 4.71. The van der Waals surface area contributed by atoms with Gasteiger partial charge in [-0.1, -0.05) is 55.4 Å². The number of nitrogen functional groups attached to an aromatic ring is 1. The lowest BCUT2D eigenvalue weighted by Gasteiger charge is -2.10. The first-order valence-corrected chi connectivity index (χ1v) is 12.6. The van der Waals surface area contributed by atoms with Crippen molar-refractivity contribution in [2.24, 2.45) is 0 Å². The first-order valence-electron chi connectivity index (χ1n) is 9.74. The zero-order chi connectivity index (χ0) is 23.5. The third-order valence-corrected chi connectivity index (χ3v) is 7.60. The second-order valence-electron chi connectivity index (χ2n) is 7.45. The van der Waals surface area contributed by atoms with Crippen LogP contribution in [0.2, 0.25) is 5.02 Å². The summed E-state index contributed by atoms with van der Waals surface area (Å²) >= 11 is 7.17. The average Bonchev–Trinajstić information content (AvgIpc) is 2.74. The van der Waals surface area contributed by atoms with E-state index in [-0.39, 0.29) is 38.3 Å². The minimum Gasteiger partial charge on any atom is -0.382 e. The summed E-state index contributed by atoms with van der Waals surface area (Å²) in [5.41, 5.74) is 8.45. The number of rotatable bonds is 7. The molecule has 0 aliphatic rings. The molecule has 0 saturated heterocycles. The third-order valence-electron chi connectivity index (χ3n) is 4.64. The monoisotopic (exact) mass is 490 g/mol. The summed E-state index contributed by atoms with van der Waals surface area (Å²) in [5.74, 6) is -0.176. The van der Waals surface area contributed by atoms with Crippen LogP contribution < -0.4 is 11.1 Å². The Hall–Kier alpha value is -2.62. The predicted molar refractivity (Wildman–Crippen MR) is 128 cm³/mol. The SMILES string of the molecule is Cc1ccc(NC(=O)CSc2ncc(S(=O)(=O)c3ccc(C(C)C)cc3)c(N)n2)c(Cl)c1. The van der Waals surface area contributed by atoms with Gasteiger partial charge in [-0.25, -0.2) is 18.4 Å². The van der Waals surface area contributed by atoms with Crippen molar-refractivity contribution in [3.05, 3.63) is 64.8 Å². The molecule has 1 heterocycles. The van der Waals surface area contributed by atoms with Gasteiger partial charge in [0.15, 0.2) is 5.16 Å². The number of halogens is 1. The molecule has 0 bridgehead atoms. The lowest BCUT2D eigenvalue weighted by molar-refractivity contribution is -0.113. The van der Waals surface area contributed by atoms with Gasteiger partial charge in [-0.05, 0) is 48.2 Å². The van der Waals surface area contributed by atoms with Crippen LogP contribution >= 0.6 is 23.4 Å². The number of nitrogens with one attached hydrogen (secondary N) is 1. The highest BCUT2D eigenvalue weighted by molar-refractivity contribution is 7.99. The second-order valence-corrected chi connectivity index (χ2v) is 10.7. The standard InChI is InChI=1S/C22H23ClN4O3S2/c1-13(2)15-5-7-16(8-6-15)32(29,30)19-11-25-22(27-21(19)24)31-12-20(28)26-18-9-4-14(3)10-17(18)23/h4-11,13H,12H2,1-3H3,(H,26,28)(H2,24,25,27). The van der Waals surface area contributed by atoms with Crippen LogP contribution in [0.4, 0.5) is 11.5 Å². The maximum absolute atomic E-state index is 12.9. The first-order chi connectivity index (χ1) is 15.1. The highest BCUT2D eigenvalue weighted by Crippen LogP contribution is 2.28. The van der Waals surface area contributed by atoms with E-state index in [9.17, 15) is 13.2 Å². The summed E-state index contributed by atoms with van der Waals surface area (Å²) in [4.78, 5) is 20.3. The number of hydrogen-bond donors (Lipinski definition) is 2. The number of aromatic nitrogens is 2. The van der Waals surface area contributed by atoms with Gasteiger partial charge in [-0.15, -0.1) is 0 Å². The molecule has 0 saturated carbocycles. The van der Waals surface area contributed by atoms with Crippen molar-refractivity contribution < 1.29 is 13.2 Å². The number of sulfone groups is 1. The molecule has 1 amide bonds. The largest absolute Gasteiger partial charge is 0.382 e. The van der Waals surface area contributed by atoms with Crippen LogP contribution in [0, 0.1) is 6.92 Å². The highest BCUT2D eigenvalue weighted by atomic mass is 35.5. The van der Waals surface area contributed by atoms with Crippen molar-refractivity contribution in [1.82, 2.24) is 9.97 Å². The summed E-state index contributed by atoms with van der Waals surface area (Å²) in [6.45, 7) is 5.96. The van der Waals surface area contributed by atoms with E-state index in [4.69, 9.17) is 17.3 Å². The van der Waals surface area contributed by atoms with Crippen molar-refractivity contribution in [2.45, 2.75) is 41.6 Å². The Balaban J connectivity index is 1.69. The Morgan fingerprint density at radius 3 is 2.47 bits per heavy atom. The van der Waals surface area contributed by atoms with Crippen LogP contribution in [-0.4, -0.2) is 30.0 Å². The van der Waals surface area contributed by atoms with Crippen LogP contribution in [0.1, 0.15) is 30.9 Å². The van der Waals surface area contributed by atoms with Crippen LogP contribution in [-0.2, 0) is 14.6 Å². The Labute approximate surface area is 196 Å². The van der Waals surface area contributed by atoms with Crippen molar-refractivity contribution in [3.63, 3.8) is 0 Å². The fourth-order valence-corrected chi connectivity index (χ4v) is 5.01. The number of nitrogens with two attached hydrogens (primary N) is 1. The van der Waals surface area contributed by atoms with Crippen molar-refractivity contribution in [1.29, 1.82) is 0 Å². The molecule has 0 radical (unpaired) electrons. The Morgan fingerprint density at radius 2 is 1.88 bits per heavy atom. The molecule has 2 aromatic carbocycles. The summed E-state index contributed by atoms with van der Waals surface area (Å²) in [6.07, 6.45) is 1.17. The molecule has 3 aromatic rings. The van der Waals surface area contributed by atoms with Crippen LogP contribution in [0.25, 0.3) is 0 Å². The molecule has 7 nitrogen and oxygen atoms in total. The Bertz CT molecular complexity index is 1250. The molecular weight excluding hydrogens is 468 g/mol. The minimum atomic E-state index is -3.86. The van der Waals surface area contributed by atoms with Gasteiger partial charge in [0.05, 0.1) is 27.6 Å². The Morgan fingerprint density at radius 1 is 1.19 bits per heavy atom. The van der Waals surface area contributed by atoms with E-state index in [1.807, 2.05) is 26.8 Å². The topological polar surface area (TPSA) is 115 Å². The quantitative estimate of drug-likeness (QED) is 0.364. The number of carbonyl (C=O) groups excluding carboxylic acids is 1. The Kier molecular flexibility index (Phi) is 7.43. The molecule has 168 valence electrons. The fourth-order valence-electron chi connectivity index (χ4n) is 2.84. The molecule has 0 atom stereocenters. The van der Waals surface area contributed by atoms with Crippen molar-refractivity contribution in [2.75, 3.05) is 16.8 Å². The maximum atomic E-state index is 12.9. The van der Waals surface area contributed by atoms with E-state index >= 15 is 0 Å². The number of carbonyl (C=O) groups is 1. The van der Waals surface area contributed by atoms with E-state index in [1.165, 1.54) is 6.20 Å². The third kappa shape index (κ3) is 5.59. The number of benzene rings is 2. The molecule has 3 rings (SSSR count). The molecule has 10 heteroatoms. The normalized spacial score (nSPS) is 11.5. The molecular formula is C22H23ClN4O3S2. The molecule has 32 heavy (non-hydrogen) atoms. The highest BCUT2D eigenvalue weighted by Gasteiger charge is 2.23. The molecule has 0 spiro atoms. The van der Waals surface area contributed by atoms with Crippen molar-refractivity contribution in [3.8, 4) is 0 Å². The van der Waals surface area contributed by atoms with E-state index in [0.717, 1.165) is 22.9 Å². The van der Waals surface area contributed by atoms with Gasteiger partial charge in [0.1, 0.15) is 10.7 Å². The van der Waals surface area contributed by atoms with Gasteiger partial charge in [0, 0.05) is 0 Å². The van der Waals surface area contributed by atoms with Crippen LogP contribution in [0.3, 0.4) is 0 Å². The van der Waals surface area contributed by atoms with E-state index in [2.05, 4.69) is 15.3 Å². The van der Waals surface area contributed by atoms with E-state index in [1.54, 1.807) is 36.4 Å². The molecule has 0 aliphatic heterocycles. The number of anilines is 2. The lowest BCUT2D eigenvalue weighted by atomic mass is 10.0. The second kappa shape index (κ2) is 9.89. The van der Waals surface area contributed by atoms with Crippen LogP contribution in [0.5, 0.6) is 0 Å². The summed E-state index contributed by atoms with van der Waals surface area (Å²) in [5, 5.41) is 3.36. The van der Waals surface area contributed by atoms with E-state index in [0.29, 0.717) is 10.7 Å². The smallest absolute Gasteiger partial charge is 0.234 e. The zero-order valence-corrected chi connectivity index (χ0v) is 20.2. The molecule has 3 N–H and O–H groups in total. The summed E-state index contributed by atoms with van der Waals surface area (Å²) < 4.78 is 25.9. The van der Waals surface area contributed by atoms with Crippen molar-refractivity contribution >= 4 is 50.6 Å². The average molecular weight is 491 g/mol. The molecule has 0 unspecified atom stereocenters. The van der Waals surface area contributed by atoms with Gasteiger partial charge in [-0.3, -0.25) is 4.79 Å². The first kappa shape index (κ1) is 24.0. The number of aryl methyl sites for hydroxylation is 1. The van der Waals surface area contributed by atoms with Gasteiger partial charge in [-0.2, -0.15) is 0 Å². The number of hydrogen-bond acceptors (Lipinski definition) is 7. The number of amides is 1. The minimum absolute atomic E-state index is 0.00636. The van der Waals surface area contributed by atoms with Gasteiger partial charge >= 0.3 is 0 Å². The molecule has 1 aromatic heterocycles. The number of thioether (sulfide) groups is 1. The molecule has 0 aliphatic carbocycles. The van der Waals surface area contributed by atoms with Crippen LogP contribution in [0.15, 0.2) is 63.6 Å². The number of nitrogens with zero attached hydrogens (tertiary/aromatic N) is 2. The molecule has 0 fully saturated rings.